The van der Waals surface area contributed by atoms with Crippen LogP contribution in [0.5, 0.6) is 0 Å². The van der Waals surface area contributed by atoms with Gasteiger partial charge in [-0.3, -0.25) is 0 Å². The van der Waals surface area contributed by atoms with Crippen molar-refractivity contribution in [2.75, 3.05) is 20.6 Å². The van der Waals surface area contributed by atoms with E-state index in [0.717, 1.165) is 10.4 Å². The second kappa shape index (κ2) is 6.84. The molecule has 1 rings (SSSR count). The number of nitrogens with two attached hydrogens (primary N) is 1. The Labute approximate surface area is 113 Å². The van der Waals surface area contributed by atoms with Crippen molar-refractivity contribution >= 4 is 29.1 Å². The predicted molar refractivity (Wildman–Crippen MR) is 78.4 cm³/mol. The van der Waals surface area contributed by atoms with E-state index in [0.29, 0.717) is 24.2 Å². The van der Waals surface area contributed by atoms with Crippen molar-refractivity contribution in [1.29, 1.82) is 5.26 Å². The Hall–Kier alpha value is -1.77. The molecule has 1 aromatic carbocycles. The summed E-state index contributed by atoms with van der Waals surface area (Å²) in [7, 11) is 3.76. The molecule has 0 saturated heterocycles. The topological polar surface area (TPSA) is 65.4 Å². The Bertz CT molecular complexity index is 500. The average molecular weight is 260 g/mol. The molecule has 94 valence electrons. The molecular formula is C13H16N4S. The molecule has 0 atom stereocenters. The molecule has 5 heteroatoms. The van der Waals surface area contributed by atoms with Crippen LogP contribution >= 0.6 is 12.2 Å². The van der Waals surface area contributed by atoms with E-state index in [-0.39, 0.29) is 0 Å². The predicted octanol–water partition coefficient (Wildman–Crippen LogP) is 1.65. The lowest BCUT2D eigenvalue weighted by Gasteiger charge is -2.06. The second-order valence-corrected chi connectivity index (χ2v) is 4.67. The van der Waals surface area contributed by atoms with E-state index >= 15 is 0 Å². The van der Waals surface area contributed by atoms with Crippen molar-refractivity contribution in [2.24, 2.45) is 10.7 Å². The first kappa shape index (κ1) is 14.3. The zero-order valence-electron chi connectivity index (χ0n) is 10.6. The van der Waals surface area contributed by atoms with E-state index in [2.05, 4.69) is 11.1 Å². The summed E-state index contributed by atoms with van der Waals surface area (Å²) in [6.45, 7) is 0.387. The number of nitriles is 1. The highest BCUT2D eigenvalue weighted by atomic mass is 32.1. The molecule has 18 heavy (non-hydrogen) atoms. The van der Waals surface area contributed by atoms with Crippen LogP contribution < -0.4 is 5.73 Å². The van der Waals surface area contributed by atoms with E-state index in [4.69, 9.17) is 23.2 Å². The SMILES string of the molecule is CN(C)C=Nc1ccc(CC(=S)CN)cc1C#N. The monoisotopic (exact) mass is 260 g/mol. The lowest BCUT2D eigenvalue weighted by atomic mass is 10.1. The molecule has 4 nitrogen and oxygen atoms in total. The Kier molecular flexibility index (Phi) is 5.43. The molecule has 0 radical (unpaired) electrons. The van der Waals surface area contributed by atoms with E-state index in [1.165, 1.54) is 0 Å². The van der Waals surface area contributed by atoms with Crippen LogP contribution in [-0.4, -0.2) is 36.7 Å². The third-order valence-corrected chi connectivity index (χ3v) is 2.55. The third kappa shape index (κ3) is 4.24. The minimum Gasteiger partial charge on any atom is -0.369 e. The Morgan fingerprint density at radius 1 is 1.56 bits per heavy atom. The van der Waals surface area contributed by atoms with Crippen molar-refractivity contribution in [2.45, 2.75) is 6.42 Å². The van der Waals surface area contributed by atoms with Crippen LogP contribution in [0.1, 0.15) is 11.1 Å². The summed E-state index contributed by atoms with van der Waals surface area (Å²) in [5.74, 6) is 0. The van der Waals surface area contributed by atoms with Gasteiger partial charge in [-0.2, -0.15) is 5.26 Å². The summed E-state index contributed by atoms with van der Waals surface area (Å²) in [6.07, 6.45) is 2.29. The number of hydrogen-bond acceptors (Lipinski definition) is 4. The maximum Gasteiger partial charge on any atom is 0.101 e. The summed E-state index contributed by atoms with van der Waals surface area (Å²) < 4.78 is 0. The molecule has 1 aromatic rings. The maximum absolute atomic E-state index is 9.10. The van der Waals surface area contributed by atoms with E-state index < -0.39 is 0 Å². The van der Waals surface area contributed by atoms with Gasteiger partial charge < -0.3 is 10.6 Å². The molecule has 0 bridgehead atoms. The van der Waals surface area contributed by atoms with Gasteiger partial charge in [0.1, 0.15) is 6.07 Å². The van der Waals surface area contributed by atoms with Crippen molar-refractivity contribution in [3.63, 3.8) is 0 Å². The van der Waals surface area contributed by atoms with Gasteiger partial charge in [-0.1, -0.05) is 18.3 Å². The van der Waals surface area contributed by atoms with Gasteiger partial charge in [0.25, 0.3) is 0 Å². The molecular weight excluding hydrogens is 244 g/mol. The van der Waals surface area contributed by atoms with Crippen LogP contribution in [0.25, 0.3) is 0 Å². The smallest absolute Gasteiger partial charge is 0.101 e. The lowest BCUT2D eigenvalue weighted by Crippen LogP contribution is -2.13. The maximum atomic E-state index is 9.10. The van der Waals surface area contributed by atoms with Gasteiger partial charge in [-0.25, -0.2) is 4.99 Å². The van der Waals surface area contributed by atoms with Crippen LogP contribution in [0.4, 0.5) is 5.69 Å². The molecule has 0 aliphatic rings. The molecule has 0 aromatic heterocycles. The molecule has 0 aliphatic heterocycles. The molecule has 0 amide bonds. The molecule has 0 aliphatic carbocycles. The standard InChI is InChI=1S/C13H16N4S/c1-17(2)9-16-13-4-3-10(5-11(13)7-14)6-12(18)8-15/h3-5,9H,6,8,15H2,1-2H3. The highest BCUT2D eigenvalue weighted by molar-refractivity contribution is 7.80. The normalized spacial score (nSPS) is 10.3. The lowest BCUT2D eigenvalue weighted by molar-refractivity contribution is 0.643. The minimum absolute atomic E-state index is 0.387. The molecule has 0 heterocycles. The average Bonchev–Trinajstić information content (AvgIpc) is 2.36. The van der Waals surface area contributed by atoms with Gasteiger partial charge in [0.2, 0.25) is 0 Å². The molecule has 0 spiro atoms. The molecule has 2 N–H and O–H groups in total. The fraction of sp³-hybridized carbons (Fsp3) is 0.308. The molecule has 0 fully saturated rings. The zero-order valence-corrected chi connectivity index (χ0v) is 11.4. The zero-order chi connectivity index (χ0) is 13.5. The van der Waals surface area contributed by atoms with Gasteiger partial charge >= 0.3 is 0 Å². The van der Waals surface area contributed by atoms with Gasteiger partial charge in [-0.15, -0.1) is 0 Å². The minimum atomic E-state index is 0.387. The van der Waals surface area contributed by atoms with E-state index in [1.807, 2.05) is 37.2 Å². The van der Waals surface area contributed by atoms with Gasteiger partial charge in [0.15, 0.2) is 0 Å². The van der Waals surface area contributed by atoms with Gasteiger partial charge in [0, 0.05) is 31.9 Å². The number of rotatable bonds is 5. The highest BCUT2D eigenvalue weighted by Crippen LogP contribution is 2.20. The highest BCUT2D eigenvalue weighted by Gasteiger charge is 2.04. The third-order valence-electron chi connectivity index (χ3n) is 2.24. The number of benzene rings is 1. The number of aliphatic imine (C=N–C) groups is 1. The van der Waals surface area contributed by atoms with Crippen LogP contribution in [0.3, 0.4) is 0 Å². The fourth-order valence-electron chi connectivity index (χ4n) is 1.37. The first-order valence-corrected chi connectivity index (χ1v) is 5.93. The summed E-state index contributed by atoms with van der Waals surface area (Å²) in [4.78, 5) is 6.84. The first-order chi connectivity index (χ1) is 8.56. The summed E-state index contributed by atoms with van der Waals surface area (Å²) in [5.41, 5.74) is 7.67. The van der Waals surface area contributed by atoms with E-state index in [9.17, 15) is 0 Å². The first-order valence-electron chi connectivity index (χ1n) is 5.52. The van der Waals surface area contributed by atoms with Gasteiger partial charge in [-0.05, 0) is 17.7 Å². The van der Waals surface area contributed by atoms with Crippen LogP contribution in [0, 0.1) is 11.3 Å². The van der Waals surface area contributed by atoms with E-state index in [1.54, 1.807) is 6.34 Å². The summed E-state index contributed by atoms with van der Waals surface area (Å²) in [5, 5.41) is 9.10. The van der Waals surface area contributed by atoms with Crippen molar-refractivity contribution in [1.82, 2.24) is 4.90 Å². The van der Waals surface area contributed by atoms with Crippen molar-refractivity contribution in [3.8, 4) is 6.07 Å². The van der Waals surface area contributed by atoms with Crippen molar-refractivity contribution in [3.05, 3.63) is 29.3 Å². The summed E-state index contributed by atoms with van der Waals surface area (Å²) in [6, 6.07) is 7.70. The second-order valence-electron chi connectivity index (χ2n) is 4.09. The molecule has 0 saturated carbocycles. The van der Waals surface area contributed by atoms with Crippen LogP contribution in [-0.2, 0) is 6.42 Å². The quantitative estimate of drug-likeness (QED) is 0.496. The number of nitrogens with zero attached hydrogens (tertiary/aromatic N) is 3. The van der Waals surface area contributed by atoms with Gasteiger partial charge in [0.05, 0.1) is 17.6 Å². The van der Waals surface area contributed by atoms with Crippen molar-refractivity contribution < 1.29 is 0 Å². The Morgan fingerprint density at radius 2 is 2.28 bits per heavy atom. The largest absolute Gasteiger partial charge is 0.369 e. The Balaban J connectivity index is 2.97. The molecule has 0 unspecified atom stereocenters. The van der Waals surface area contributed by atoms with Crippen LogP contribution in [0.15, 0.2) is 23.2 Å². The number of hydrogen-bond donors (Lipinski definition) is 1. The van der Waals surface area contributed by atoms with Crippen LogP contribution in [0.2, 0.25) is 0 Å². The number of thiocarbonyl (C=S) groups is 1. The fourth-order valence-corrected chi connectivity index (χ4v) is 1.54. The Morgan fingerprint density at radius 3 is 2.83 bits per heavy atom. The summed E-state index contributed by atoms with van der Waals surface area (Å²) >= 11 is 5.09.